The first-order valence-electron chi connectivity index (χ1n) is 6.66. The third-order valence-electron chi connectivity index (χ3n) is 4.15. The molecule has 19 heavy (non-hydrogen) atoms. The maximum atomic E-state index is 13.2. The molecular formula is C15H23F2NO. The van der Waals surface area contributed by atoms with Gasteiger partial charge in [-0.3, -0.25) is 0 Å². The van der Waals surface area contributed by atoms with Gasteiger partial charge in [0.1, 0.15) is 0 Å². The first kappa shape index (κ1) is 16.1. The number of hydrogen-bond acceptors (Lipinski definition) is 2. The van der Waals surface area contributed by atoms with Gasteiger partial charge in [0.2, 0.25) is 0 Å². The summed E-state index contributed by atoms with van der Waals surface area (Å²) >= 11 is 0. The fourth-order valence-electron chi connectivity index (χ4n) is 2.73. The van der Waals surface area contributed by atoms with Gasteiger partial charge in [0.05, 0.1) is 6.10 Å². The average Bonchev–Trinajstić information content (AvgIpc) is 2.35. The number of aliphatic hydroxyl groups is 1. The van der Waals surface area contributed by atoms with Gasteiger partial charge in [-0.15, -0.1) is 0 Å². The number of likely N-dealkylation sites (N-methyl/N-ethyl adjacent to an activating group) is 1. The number of rotatable bonds is 6. The lowest BCUT2D eigenvalue weighted by Crippen LogP contribution is -2.53. The maximum Gasteiger partial charge on any atom is 0.159 e. The Morgan fingerprint density at radius 2 is 1.74 bits per heavy atom. The van der Waals surface area contributed by atoms with E-state index in [1.165, 1.54) is 6.07 Å². The van der Waals surface area contributed by atoms with Crippen molar-refractivity contribution in [2.24, 2.45) is 0 Å². The molecule has 0 radical (unpaired) electrons. The second-order valence-corrected chi connectivity index (χ2v) is 5.17. The first-order chi connectivity index (χ1) is 8.87. The molecule has 1 unspecified atom stereocenters. The summed E-state index contributed by atoms with van der Waals surface area (Å²) in [6, 6.07) is 3.78. The van der Waals surface area contributed by atoms with Crippen molar-refractivity contribution in [1.29, 1.82) is 0 Å². The van der Waals surface area contributed by atoms with Gasteiger partial charge >= 0.3 is 0 Å². The molecule has 0 fully saturated rings. The van der Waals surface area contributed by atoms with Crippen LogP contribution in [0.25, 0.3) is 0 Å². The molecule has 0 saturated heterocycles. The lowest BCUT2D eigenvalue weighted by Gasteiger charge is -2.42. The van der Waals surface area contributed by atoms with Gasteiger partial charge in [-0.25, -0.2) is 8.78 Å². The molecule has 0 heterocycles. The Kier molecular flexibility index (Phi) is 5.44. The van der Waals surface area contributed by atoms with Crippen molar-refractivity contribution >= 4 is 0 Å². The van der Waals surface area contributed by atoms with Crippen molar-refractivity contribution in [2.75, 3.05) is 14.1 Å². The SMILES string of the molecule is CCC(CC)(C(O)Cc1ccc(F)c(F)c1)N(C)C. The predicted molar refractivity (Wildman–Crippen MR) is 73.1 cm³/mol. The molecule has 1 aromatic rings. The van der Waals surface area contributed by atoms with Gasteiger partial charge in [-0.1, -0.05) is 19.9 Å². The molecule has 1 atom stereocenters. The Labute approximate surface area is 114 Å². The van der Waals surface area contributed by atoms with Crippen LogP contribution in [0.2, 0.25) is 0 Å². The molecule has 2 nitrogen and oxygen atoms in total. The van der Waals surface area contributed by atoms with E-state index in [-0.39, 0.29) is 5.54 Å². The highest BCUT2D eigenvalue weighted by atomic mass is 19.2. The van der Waals surface area contributed by atoms with Crippen molar-refractivity contribution in [1.82, 2.24) is 4.90 Å². The highest BCUT2D eigenvalue weighted by Gasteiger charge is 2.36. The summed E-state index contributed by atoms with van der Waals surface area (Å²) in [7, 11) is 3.86. The minimum atomic E-state index is -0.867. The van der Waals surface area contributed by atoms with E-state index >= 15 is 0 Å². The first-order valence-corrected chi connectivity index (χ1v) is 6.66. The maximum absolute atomic E-state index is 13.2. The van der Waals surface area contributed by atoms with E-state index < -0.39 is 17.7 Å². The van der Waals surface area contributed by atoms with Gasteiger partial charge in [-0.05, 0) is 44.6 Å². The number of benzene rings is 1. The predicted octanol–water partition coefficient (Wildman–Crippen LogP) is 2.99. The number of halogens is 2. The van der Waals surface area contributed by atoms with Gasteiger partial charge in [-0.2, -0.15) is 0 Å². The van der Waals surface area contributed by atoms with Crippen LogP contribution in [0.15, 0.2) is 18.2 Å². The number of nitrogens with zero attached hydrogens (tertiary/aromatic N) is 1. The van der Waals surface area contributed by atoms with Crippen LogP contribution in [0, 0.1) is 11.6 Å². The third-order valence-corrected chi connectivity index (χ3v) is 4.15. The third kappa shape index (κ3) is 3.31. The molecule has 0 amide bonds. The quantitative estimate of drug-likeness (QED) is 0.860. The molecule has 1 aromatic carbocycles. The molecule has 0 saturated carbocycles. The van der Waals surface area contributed by atoms with Crippen LogP contribution < -0.4 is 0 Å². The molecule has 0 spiro atoms. The van der Waals surface area contributed by atoms with Crippen LogP contribution in [0.1, 0.15) is 32.3 Å². The monoisotopic (exact) mass is 271 g/mol. The van der Waals surface area contributed by atoms with E-state index in [0.29, 0.717) is 12.0 Å². The summed E-state index contributed by atoms with van der Waals surface area (Å²) in [5, 5.41) is 10.5. The molecule has 0 aliphatic heterocycles. The molecule has 0 bridgehead atoms. The fourth-order valence-corrected chi connectivity index (χ4v) is 2.73. The lowest BCUT2D eigenvalue weighted by molar-refractivity contribution is -0.0126. The highest BCUT2D eigenvalue weighted by Crippen LogP contribution is 2.28. The summed E-state index contributed by atoms with van der Waals surface area (Å²) in [6.07, 6.45) is 1.28. The van der Waals surface area contributed by atoms with Crippen LogP contribution in [0.4, 0.5) is 8.78 Å². The van der Waals surface area contributed by atoms with Crippen LogP contribution in [-0.4, -0.2) is 35.7 Å². The van der Waals surface area contributed by atoms with Crippen molar-refractivity contribution in [3.63, 3.8) is 0 Å². The average molecular weight is 271 g/mol. The van der Waals surface area contributed by atoms with E-state index in [1.807, 2.05) is 32.8 Å². The van der Waals surface area contributed by atoms with E-state index in [4.69, 9.17) is 0 Å². The zero-order valence-electron chi connectivity index (χ0n) is 12.1. The summed E-state index contributed by atoms with van der Waals surface area (Å²) in [4.78, 5) is 2.01. The molecule has 108 valence electrons. The lowest BCUT2D eigenvalue weighted by atomic mass is 9.82. The molecule has 0 aliphatic carbocycles. The Balaban J connectivity index is 2.93. The summed E-state index contributed by atoms with van der Waals surface area (Å²) < 4.78 is 26.1. The second-order valence-electron chi connectivity index (χ2n) is 5.17. The minimum Gasteiger partial charge on any atom is -0.391 e. The van der Waals surface area contributed by atoms with Crippen LogP contribution in [0.3, 0.4) is 0 Å². The topological polar surface area (TPSA) is 23.5 Å². The van der Waals surface area contributed by atoms with Gasteiger partial charge in [0.25, 0.3) is 0 Å². The van der Waals surface area contributed by atoms with Crippen molar-refractivity contribution < 1.29 is 13.9 Å². The van der Waals surface area contributed by atoms with Gasteiger partial charge in [0.15, 0.2) is 11.6 Å². The zero-order valence-corrected chi connectivity index (χ0v) is 12.1. The summed E-state index contributed by atoms with van der Waals surface area (Å²) in [5.41, 5.74) is 0.268. The normalized spacial score (nSPS) is 13.9. The fraction of sp³-hybridized carbons (Fsp3) is 0.600. The van der Waals surface area contributed by atoms with Crippen molar-refractivity contribution in [3.8, 4) is 0 Å². The number of hydrogen-bond donors (Lipinski definition) is 1. The zero-order chi connectivity index (χ0) is 14.6. The molecule has 0 aliphatic rings. The highest BCUT2D eigenvalue weighted by molar-refractivity contribution is 5.19. The van der Waals surface area contributed by atoms with Crippen molar-refractivity contribution in [3.05, 3.63) is 35.4 Å². The largest absolute Gasteiger partial charge is 0.391 e. The smallest absolute Gasteiger partial charge is 0.159 e. The summed E-state index contributed by atoms with van der Waals surface area (Å²) in [6.45, 7) is 4.05. The van der Waals surface area contributed by atoms with E-state index in [9.17, 15) is 13.9 Å². The van der Waals surface area contributed by atoms with Gasteiger partial charge in [0, 0.05) is 12.0 Å². The van der Waals surface area contributed by atoms with Crippen LogP contribution >= 0.6 is 0 Å². The minimum absolute atomic E-state index is 0.317. The number of aliphatic hydroxyl groups excluding tert-OH is 1. The van der Waals surface area contributed by atoms with Crippen molar-refractivity contribution in [2.45, 2.75) is 44.8 Å². The van der Waals surface area contributed by atoms with Crippen LogP contribution in [0.5, 0.6) is 0 Å². The Bertz CT molecular complexity index is 417. The Hall–Kier alpha value is -1.00. The van der Waals surface area contributed by atoms with Gasteiger partial charge < -0.3 is 10.0 Å². The molecule has 1 rings (SSSR count). The van der Waals surface area contributed by atoms with E-state index in [1.54, 1.807) is 0 Å². The van der Waals surface area contributed by atoms with E-state index in [2.05, 4.69) is 0 Å². The summed E-state index contributed by atoms with van der Waals surface area (Å²) in [5.74, 6) is -1.73. The Morgan fingerprint density at radius 1 is 1.16 bits per heavy atom. The standard InChI is InChI=1S/C15H23F2NO/c1-5-15(6-2,18(3)4)14(19)10-11-7-8-12(16)13(17)9-11/h7-9,14,19H,5-6,10H2,1-4H3. The molecule has 0 aromatic heterocycles. The molecule has 1 N–H and O–H groups in total. The molecular weight excluding hydrogens is 248 g/mol. The van der Waals surface area contributed by atoms with E-state index in [0.717, 1.165) is 25.0 Å². The Morgan fingerprint density at radius 3 is 2.16 bits per heavy atom. The second kappa shape index (κ2) is 6.44. The molecule has 4 heteroatoms. The van der Waals surface area contributed by atoms with Crippen LogP contribution in [-0.2, 0) is 6.42 Å².